The molecule has 4 nitrogen and oxygen atoms in total. The van der Waals surface area contributed by atoms with Gasteiger partial charge in [0.05, 0.1) is 12.6 Å². The first kappa shape index (κ1) is 23.5. The molecule has 0 unspecified atom stereocenters. The van der Waals surface area contributed by atoms with Crippen molar-refractivity contribution in [2.45, 2.75) is 53.4 Å². The zero-order valence-electron chi connectivity index (χ0n) is 22.8. The van der Waals surface area contributed by atoms with E-state index in [1.807, 2.05) is 6.92 Å². The Morgan fingerprint density at radius 3 is 2.22 bits per heavy atom. The van der Waals surface area contributed by atoms with Crippen LogP contribution < -0.4 is 4.57 Å². The Labute approximate surface area is 218 Å². The maximum absolute atomic E-state index is 6.19. The van der Waals surface area contributed by atoms with E-state index in [0.717, 1.165) is 22.0 Å². The average molecular weight is 489 g/mol. The molecule has 186 valence electrons. The number of rotatable bonds is 4. The highest BCUT2D eigenvalue weighted by Crippen LogP contribution is 2.39. The van der Waals surface area contributed by atoms with Crippen molar-refractivity contribution in [2.75, 3.05) is 0 Å². The number of para-hydroxylation sites is 3. The van der Waals surface area contributed by atoms with Gasteiger partial charge < -0.3 is 4.42 Å². The molecule has 0 aliphatic rings. The van der Waals surface area contributed by atoms with Gasteiger partial charge in [-0.1, -0.05) is 58.0 Å². The number of aromatic nitrogens is 3. The van der Waals surface area contributed by atoms with Crippen LogP contribution in [-0.2, 0) is 7.05 Å². The Hall–Kier alpha value is -3.92. The molecule has 0 atom stereocenters. The minimum absolute atomic E-state index is 0.392. The summed E-state index contributed by atoms with van der Waals surface area (Å²) in [6, 6.07) is 24.2. The van der Waals surface area contributed by atoms with E-state index in [1.165, 1.54) is 44.8 Å². The second-order valence-corrected chi connectivity index (χ2v) is 10.9. The monoisotopic (exact) mass is 488 g/mol. The van der Waals surface area contributed by atoms with Crippen molar-refractivity contribution in [3.05, 3.63) is 89.1 Å². The lowest BCUT2D eigenvalue weighted by Gasteiger charge is -2.18. The van der Waals surface area contributed by atoms with E-state index in [-0.39, 0.29) is 0 Å². The van der Waals surface area contributed by atoms with Gasteiger partial charge >= 0.3 is 0 Å². The number of pyridine rings is 1. The van der Waals surface area contributed by atoms with E-state index in [1.54, 1.807) is 0 Å². The molecule has 0 radical (unpaired) electrons. The maximum atomic E-state index is 6.19. The molecule has 37 heavy (non-hydrogen) atoms. The molecule has 6 aromatic rings. The zero-order chi connectivity index (χ0) is 26.0. The standard InChI is InChI=1S/C33H34N3O/c1-19(2)23-11-10-12-24(20(3)4)31(23)36-29-14-9-8-13-28(29)35(7)33(36)26-18-27-25-16-15-22(6)34-32(25)37-30(27)17-21(26)5/h8-20H,1-7H3/q+1. The molecule has 0 saturated heterocycles. The second-order valence-electron chi connectivity index (χ2n) is 10.9. The number of imidazole rings is 1. The van der Waals surface area contributed by atoms with Gasteiger partial charge in [0.1, 0.15) is 11.3 Å². The quantitative estimate of drug-likeness (QED) is 0.234. The Kier molecular flexibility index (Phi) is 5.45. The zero-order valence-corrected chi connectivity index (χ0v) is 22.8. The summed E-state index contributed by atoms with van der Waals surface area (Å²) in [4.78, 5) is 4.65. The number of fused-ring (bicyclic) bond motifs is 4. The van der Waals surface area contributed by atoms with Crippen molar-refractivity contribution >= 4 is 33.1 Å². The molecule has 0 aliphatic heterocycles. The van der Waals surface area contributed by atoms with Crippen LogP contribution in [0.3, 0.4) is 0 Å². The summed E-state index contributed by atoms with van der Waals surface area (Å²) in [6.07, 6.45) is 0. The van der Waals surface area contributed by atoms with Crippen molar-refractivity contribution in [1.82, 2.24) is 9.55 Å². The number of furan rings is 1. The van der Waals surface area contributed by atoms with Gasteiger partial charge in [-0.15, -0.1) is 0 Å². The minimum Gasteiger partial charge on any atom is -0.438 e. The van der Waals surface area contributed by atoms with Gasteiger partial charge in [0.2, 0.25) is 5.71 Å². The first-order chi connectivity index (χ1) is 17.8. The number of benzene rings is 3. The summed E-state index contributed by atoms with van der Waals surface area (Å²) in [6.45, 7) is 13.3. The maximum Gasteiger partial charge on any atom is 0.295 e. The number of hydrogen-bond donors (Lipinski definition) is 0. The highest BCUT2D eigenvalue weighted by Gasteiger charge is 2.31. The van der Waals surface area contributed by atoms with Crippen LogP contribution in [0.2, 0.25) is 0 Å². The van der Waals surface area contributed by atoms with E-state index in [4.69, 9.17) is 4.42 Å². The van der Waals surface area contributed by atoms with E-state index in [0.29, 0.717) is 17.5 Å². The van der Waals surface area contributed by atoms with E-state index in [2.05, 4.69) is 123 Å². The van der Waals surface area contributed by atoms with Gasteiger partial charge in [-0.25, -0.2) is 9.55 Å². The van der Waals surface area contributed by atoms with Gasteiger partial charge in [-0.2, -0.15) is 4.57 Å². The van der Waals surface area contributed by atoms with Gasteiger partial charge in [0, 0.05) is 27.6 Å². The van der Waals surface area contributed by atoms with Crippen LogP contribution in [0.25, 0.3) is 50.2 Å². The molecule has 0 amide bonds. The molecule has 4 heteroatoms. The van der Waals surface area contributed by atoms with Crippen LogP contribution >= 0.6 is 0 Å². The Bertz CT molecular complexity index is 1790. The Balaban J connectivity index is 1.77. The Morgan fingerprint density at radius 1 is 0.811 bits per heavy atom. The molecule has 0 saturated carbocycles. The van der Waals surface area contributed by atoms with Crippen LogP contribution in [0.1, 0.15) is 61.9 Å². The summed E-state index contributed by atoms with van der Waals surface area (Å²) < 4.78 is 11.0. The summed E-state index contributed by atoms with van der Waals surface area (Å²) in [5, 5.41) is 2.15. The van der Waals surface area contributed by atoms with E-state index in [9.17, 15) is 0 Å². The normalized spacial score (nSPS) is 12.1. The van der Waals surface area contributed by atoms with Gasteiger partial charge in [0.25, 0.3) is 5.82 Å². The molecule has 3 aromatic carbocycles. The smallest absolute Gasteiger partial charge is 0.295 e. The predicted molar refractivity (Wildman–Crippen MR) is 153 cm³/mol. The average Bonchev–Trinajstić information content (AvgIpc) is 3.36. The number of hydrogen-bond acceptors (Lipinski definition) is 2. The first-order valence-corrected chi connectivity index (χ1v) is 13.2. The molecule has 3 heterocycles. The van der Waals surface area contributed by atoms with Crippen LogP contribution in [0.15, 0.2) is 71.1 Å². The van der Waals surface area contributed by atoms with Crippen LogP contribution in [-0.4, -0.2) is 9.55 Å². The van der Waals surface area contributed by atoms with Crippen LogP contribution in [0, 0.1) is 13.8 Å². The summed E-state index contributed by atoms with van der Waals surface area (Å²) in [5.74, 6) is 1.96. The first-order valence-electron chi connectivity index (χ1n) is 13.2. The summed E-state index contributed by atoms with van der Waals surface area (Å²) >= 11 is 0. The molecule has 6 rings (SSSR count). The van der Waals surface area contributed by atoms with Crippen molar-refractivity contribution < 1.29 is 8.98 Å². The third-order valence-corrected chi connectivity index (χ3v) is 7.64. The van der Waals surface area contributed by atoms with Crippen molar-refractivity contribution in [2.24, 2.45) is 7.05 Å². The topological polar surface area (TPSA) is 34.8 Å². The lowest BCUT2D eigenvalue weighted by molar-refractivity contribution is -0.633. The highest BCUT2D eigenvalue weighted by molar-refractivity contribution is 6.05. The molecule has 0 N–H and O–H groups in total. The third kappa shape index (κ3) is 3.58. The molecule has 0 fully saturated rings. The minimum atomic E-state index is 0.392. The summed E-state index contributed by atoms with van der Waals surface area (Å²) in [7, 11) is 2.18. The molecule has 0 aliphatic carbocycles. The molecule has 0 bridgehead atoms. The van der Waals surface area contributed by atoms with Crippen molar-refractivity contribution in [3.63, 3.8) is 0 Å². The fourth-order valence-electron chi connectivity index (χ4n) is 5.75. The molecular formula is C33H34N3O+. The molecular weight excluding hydrogens is 454 g/mol. The van der Waals surface area contributed by atoms with Crippen molar-refractivity contribution in [3.8, 4) is 17.1 Å². The second kappa shape index (κ2) is 8.58. The summed E-state index contributed by atoms with van der Waals surface area (Å²) in [5.41, 5.74) is 11.4. The fourth-order valence-corrected chi connectivity index (χ4v) is 5.75. The Morgan fingerprint density at radius 2 is 1.51 bits per heavy atom. The van der Waals surface area contributed by atoms with Crippen molar-refractivity contribution in [1.29, 1.82) is 0 Å². The van der Waals surface area contributed by atoms with Crippen LogP contribution in [0.4, 0.5) is 0 Å². The number of nitrogens with zero attached hydrogens (tertiary/aromatic N) is 3. The van der Waals surface area contributed by atoms with Gasteiger partial charge in [0.15, 0.2) is 11.0 Å². The highest BCUT2D eigenvalue weighted by atomic mass is 16.3. The largest absolute Gasteiger partial charge is 0.438 e. The fraction of sp³-hybridized carbons (Fsp3) is 0.273. The van der Waals surface area contributed by atoms with E-state index < -0.39 is 0 Å². The molecule has 3 aromatic heterocycles. The number of aryl methyl sites for hydroxylation is 3. The van der Waals surface area contributed by atoms with Gasteiger partial charge in [-0.3, -0.25) is 0 Å². The predicted octanol–water partition coefficient (Wildman–Crippen LogP) is 8.28. The van der Waals surface area contributed by atoms with Crippen LogP contribution in [0.5, 0.6) is 0 Å². The van der Waals surface area contributed by atoms with Gasteiger partial charge in [-0.05, 0) is 67.6 Å². The molecule has 0 spiro atoms. The third-order valence-electron chi connectivity index (χ3n) is 7.64. The lowest BCUT2D eigenvalue weighted by atomic mass is 9.92. The van der Waals surface area contributed by atoms with E-state index >= 15 is 0 Å². The SMILES string of the molecule is Cc1ccc2c(n1)oc1cc(C)c(-c3n(-c4c(C(C)C)cccc4C(C)C)c4ccccc4[n+]3C)cc12. The lowest BCUT2D eigenvalue weighted by Crippen LogP contribution is -2.30.